The van der Waals surface area contributed by atoms with E-state index in [4.69, 9.17) is 0 Å². The molecule has 1 rings (SSSR count). The summed E-state index contributed by atoms with van der Waals surface area (Å²) in [6, 6.07) is 0. The Bertz CT molecular complexity index is 108. The second-order valence-electron chi connectivity index (χ2n) is 2.77. The third-order valence-electron chi connectivity index (χ3n) is 2.06. The summed E-state index contributed by atoms with van der Waals surface area (Å²) >= 11 is 0. The van der Waals surface area contributed by atoms with Crippen molar-refractivity contribution in [3.63, 3.8) is 0 Å². The maximum Gasteiger partial charge on any atom is 0.121 e. The third-order valence-corrected chi connectivity index (χ3v) is 2.06. The van der Waals surface area contributed by atoms with Gasteiger partial charge < -0.3 is 5.32 Å². The SMILES string of the molecule is C=CC(F)C1CCNCC1. The first-order valence-corrected chi connectivity index (χ1v) is 3.82. The molecule has 0 aromatic rings. The molecule has 0 amide bonds. The van der Waals surface area contributed by atoms with Gasteiger partial charge in [-0.2, -0.15) is 0 Å². The summed E-state index contributed by atoms with van der Waals surface area (Å²) in [6.07, 6.45) is 2.53. The summed E-state index contributed by atoms with van der Waals surface area (Å²) in [5.74, 6) is 0.221. The molecule has 1 aliphatic heterocycles. The summed E-state index contributed by atoms with van der Waals surface area (Å²) in [5, 5.41) is 3.19. The lowest BCUT2D eigenvalue weighted by Crippen LogP contribution is -2.31. The van der Waals surface area contributed by atoms with Crippen LogP contribution in [0.15, 0.2) is 12.7 Å². The summed E-state index contributed by atoms with van der Waals surface area (Å²) in [4.78, 5) is 0. The number of piperidine rings is 1. The molecule has 0 radical (unpaired) electrons. The number of hydrogen-bond donors (Lipinski definition) is 1. The van der Waals surface area contributed by atoms with Gasteiger partial charge in [0.25, 0.3) is 0 Å². The normalized spacial score (nSPS) is 24.1. The lowest BCUT2D eigenvalue weighted by molar-refractivity contribution is 0.230. The molecule has 0 spiro atoms. The van der Waals surface area contributed by atoms with Crippen LogP contribution in [-0.4, -0.2) is 19.3 Å². The maximum atomic E-state index is 12.9. The molecule has 1 atom stereocenters. The van der Waals surface area contributed by atoms with E-state index in [1.54, 1.807) is 0 Å². The largest absolute Gasteiger partial charge is 0.317 e. The zero-order valence-electron chi connectivity index (χ0n) is 6.15. The summed E-state index contributed by atoms with van der Waals surface area (Å²) in [7, 11) is 0. The number of rotatable bonds is 2. The molecular weight excluding hydrogens is 129 g/mol. The van der Waals surface area contributed by atoms with E-state index < -0.39 is 6.17 Å². The first-order chi connectivity index (χ1) is 4.84. The first kappa shape index (κ1) is 7.73. The van der Waals surface area contributed by atoms with Crippen LogP contribution in [0.4, 0.5) is 4.39 Å². The molecule has 2 heteroatoms. The van der Waals surface area contributed by atoms with Crippen LogP contribution < -0.4 is 5.32 Å². The average Bonchev–Trinajstić information content (AvgIpc) is 2.05. The topological polar surface area (TPSA) is 12.0 Å². The highest BCUT2D eigenvalue weighted by molar-refractivity contribution is 4.86. The fraction of sp³-hybridized carbons (Fsp3) is 0.750. The van der Waals surface area contributed by atoms with E-state index in [1.807, 2.05) is 0 Å². The van der Waals surface area contributed by atoms with Gasteiger partial charge in [0, 0.05) is 0 Å². The summed E-state index contributed by atoms with van der Waals surface area (Å²) in [5.41, 5.74) is 0. The molecular formula is C8H14FN. The number of hydrogen-bond acceptors (Lipinski definition) is 1. The zero-order valence-corrected chi connectivity index (χ0v) is 6.15. The van der Waals surface area contributed by atoms with E-state index >= 15 is 0 Å². The first-order valence-electron chi connectivity index (χ1n) is 3.82. The smallest absolute Gasteiger partial charge is 0.121 e. The molecule has 10 heavy (non-hydrogen) atoms. The summed E-state index contributed by atoms with van der Waals surface area (Å²) < 4.78 is 12.9. The molecule has 1 N–H and O–H groups in total. The van der Waals surface area contributed by atoms with Gasteiger partial charge in [0.2, 0.25) is 0 Å². The molecule has 0 aromatic carbocycles. The van der Waals surface area contributed by atoms with E-state index in [2.05, 4.69) is 11.9 Å². The Hall–Kier alpha value is -0.370. The highest BCUT2D eigenvalue weighted by Crippen LogP contribution is 2.19. The molecule has 58 valence electrons. The predicted molar refractivity (Wildman–Crippen MR) is 40.7 cm³/mol. The van der Waals surface area contributed by atoms with E-state index in [-0.39, 0.29) is 5.92 Å². The molecule has 1 unspecified atom stereocenters. The van der Waals surface area contributed by atoms with Crippen LogP contribution in [0.5, 0.6) is 0 Å². The fourth-order valence-electron chi connectivity index (χ4n) is 1.36. The molecule has 1 heterocycles. The molecule has 1 nitrogen and oxygen atoms in total. The van der Waals surface area contributed by atoms with Crippen LogP contribution in [0.1, 0.15) is 12.8 Å². The van der Waals surface area contributed by atoms with Gasteiger partial charge in [0.15, 0.2) is 0 Å². The highest BCUT2D eigenvalue weighted by Gasteiger charge is 2.19. The summed E-state index contributed by atoms with van der Waals surface area (Å²) in [6.45, 7) is 5.35. The Morgan fingerprint density at radius 1 is 1.50 bits per heavy atom. The van der Waals surface area contributed by atoms with E-state index in [9.17, 15) is 4.39 Å². The molecule has 0 aliphatic carbocycles. The van der Waals surface area contributed by atoms with Crippen molar-refractivity contribution in [1.82, 2.24) is 5.32 Å². The molecule has 0 saturated carbocycles. The van der Waals surface area contributed by atoms with Gasteiger partial charge in [-0.1, -0.05) is 6.08 Å². The quantitative estimate of drug-likeness (QED) is 0.578. The van der Waals surface area contributed by atoms with Crippen LogP contribution >= 0.6 is 0 Å². The minimum Gasteiger partial charge on any atom is -0.317 e. The van der Waals surface area contributed by atoms with Crippen molar-refractivity contribution in [2.24, 2.45) is 5.92 Å². The average molecular weight is 143 g/mol. The Morgan fingerprint density at radius 2 is 2.10 bits per heavy atom. The third kappa shape index (κ3) is 1.81. The second-order valence-corrected chi connectivity index (χ2v) is 2.77. The van der Waals surface area contributed by atoms with Gasteiger partial charge in [-0.05, 0) is 31.8 Å². The van der Waals surface area contributed by atoms with Crippen LogP contribution in [0.2, 0.25) is 0 Å². The van der Waals surface area contributed by atoms with Crippen molar-refractivity contribution in [2.45, 2.75) is 19.0 Å². The van der Waals surface area contributed by atoms with Gasteiger partial charge in [0.05, 0.1) is 0 Å². The van der Waals surface area contributed by atoms with Crippen molar-refractivity contribution >= 4 is 0 Å². The number of alkyl halides is 1. The van der Waals surface area contributed by atoms with Crippen molar-refractivity contribution in [1.29, 1.82) is 0 Å². The standard InChI is InChI=1S/C8H14FN/c1-2-8(9)7-3-5-10-6-4-7/h2,7-8,10H,1,3-6H2. The van der Waals surface area contributed by atoms with E-state index in [0.717, 1.165) is 25.9 Å². The Balaban J connectivity index is 2.30. The molecule has 1 saturated heterocycles. The van der Waals surface area contributed by atoms with Gasteiger partial charge in [-0.3, -0.25) is 0 Å². The molecule has 0 aromatic heterocycles. The lowest BCUT2D eigenvalue weighted by Gasteiger charge is -2.23. The fourth-order valence-corrected chi connectivity index (χ4v) is 1.36. The van der Waals surface area contributed by atoms with Crippen LogP contribution in [-0.2, 0) is 0 Å². The van der Waals surface area contributed by atoms with Crippen molar-refractivity contribution < 1.29 is 4.39 Å². The molecule has 0 bridgehead atoms. The molecule has 1 fully saturated rings. The number of nitrogens with one attached hydrogen (secondary N) is 1. The van der Waals surface area contributed by atoms with Crippen molar-refractivity contribution in [3.8, 4) is 0 Å². The van der Waals surface area contributed by atoms with Crippen molar-refractivity contribution in [2.75, 3.05) is 13.1 Å². The Morgan fingerprint density at radius 3 is 2.60 bits per heavy atom. The van der Waals surface area contributed by atoms with Gasteiger partial charge >= 0.3 is 0 Å². The molecule has 1 aliphatic rings. The second kappa shape index (κ2) is 3.71. The number of allylic oxidation sites excluding steroid dienone is 1. The van der Waals surface area contributed by atoms with Crippen LogP contribution in [0.3, 0.4) is 0 Å². The van der Waals surface area contributed by atoms with Crippen LogP contribution in [0.25, 0.3) is 0 Å². The zero-order chi connectivity index (χ0) is 7.40. The van der Waals surface area contributed by atoms with Crippen molar-refractivity contribution in [3.05, 3.63) is 12.7 Å². The maximum absolute atomic E-state index is 12.9. The minimum absolute atomic E-state index is 0.221. The van der Waals surface area contributed by atoms with Crippen LogP contribution in [0, 0.1) is 5.92 Å². The number of halogens is 1. The Kier molecular flexibility index (Phi) is 2.87. The van der Waals surface area contributed by atoms with E-state index in [0.29, 0.717) is 0 Å². The van der Waals surface area contributed by atoms with Gasteiger partial charge in [-0.25, -0.2) is 4.39 Å². The minimum atomic E-state index is -0.790. The van der Waals surface area contributed by atoms with E-state index in [1.165, 1.54) is 6.08 Å². The monoisotopic (exact) mass is 143 g/mol. The predicted octanol–water partition coefficient (Wildman–Crippen LogP) is 1.51. The van der Waals surface area contributed by atoms with Gasteiger partial charge in [-0.15, -0.1) is 6.58 Å². The Labute approximate surface area is 61.3 Å². The van der Waals surface area contributed by atoms with Gasteiger partial charge in [0.1, 0.15) is 6.17 Å². The highest BCUT2D eigenvalue weighted by atomic mass is 19.1. The lowest BCUT2D eigenvalue weighted by atomic mass is 9.93.